The number of ether oxygens (including phenoxy) is 2. The maximum absolute atomic E-state index is 13.0. The molecule has 1 fully saturated rings. The van der Waals surface area contributed by atoms with Crippen LogP contribution in [0.25, 0.3) is 5.57 Å². The Balaban J connectivity index is 0.000000443. The van der Waals surface area contributed by atoms with Crippen LogP contribution in [-0.4, -0.2) is 31.6 Å². The van der Waals surface area contributed by atoms with Crippen LogP contribution in [0.2, 0.25) is 0 Å². The average Bonchev–Trinajstić information content (AvgIpc) is 2.94. The molecule has 0 spiro atoms. The van der Waals surface area contributed by atoms with Gasteiger partial charge in [-0.3, -0.25) is 4.90 Å². The molecule has 0 aliphatic heterocycles. The van der Waals surface area contributed by atoms with E-state index in [2.05, 4.69) is 49.5 Å². The SMILES string of the molecule is C=C.C=C(C#N)C(=C)c1cc(Cc2ccc(F)cc2)cc(OC(F)(F)F)c1.C=C(CC1CCCCC1)OC(C)N(C)C. The number of allylic oxidation sites excluding steroid dienone is 3. The van der Waals surface area contributed by atoms with Crippen LogP contribution in [0.4, 0.5) is 17.6 Å². The number of halogens is 4. The molecule has 0 saturated heterocycles. The van der Waals surface area contributed by atoms with Gasteiger partial charge in [-0.05, 0) is 79.9 Å². The smallest absolute Gasteiger partial charge is 0.480 e. The first-order valence-electron chi connectivity index (χ1n) is 13.7. The van der Waals surface area contributed by atoms with Crippen LogP contribution < -0.4 is 4.74 Å². The summed E-state index contributed by atoms with van der Waals surface area (Å²) in [4.78, 5) is 2.06. The molecule has 0 N–H and O–H groups in total. The maximum Gasteiger partial charge on any atom is 0.573 e. The molecular weight excluding hydrogens is 544 g/mol. The van der Waals surface area contributed by atoms with Crippen molar-refractivity contribution in [2.75, 3.05) is 14.1 Å². The highest BCUT2D eigenvalue weighted by Gasteiger charge is 2.31. The number of hydrogen-bond donors (Lipinski definition) is 0. The highest BCUT2D eigenvalue weighted by molar-refractivity contribution is 5.81. The molecule has 1 unspecified atom stereocenters. The number of alkyl halides is 3. The fourth-order valence-electron chi connectivity index (χ4n) is 4.32. The third-order valence-corrected chi connectivity index (χ3v) is 6.67. The van der Waals surface area contributed by atoms with E-state index in [0.29, 0.717) is 16.7 Å². The lowest BCUT2D eigenvalue weighted by atomic mass is 9.86. The van der Waals surface area contributed by atoms with Crippen molar-refractivity contribution in [1.29, 1.82) is 5.26 Å². The van der Waals surface area contributed by atoms with Gasteiger partial charge in [-0.2, -0.15) is 5.26 Å². The highest BCUT2D eigenvalue weighted by atomic mass is 19.4. The van der Waals surface area contributed by atoms with E-state index >= 15 is 0 Å². The second kappa shape index (κ2) is 17.9. The van der Waals surface area contributed by atoms with Gasteiger partial charge in [-0.15, -0.1) is 26.3 Å². The van der Waals surface area contributed by atoms with Crippen LogP contribution in [0.3, 0.4) is 0 Å². The lowest BCUT2D eigenvalue weighted by molar-refractivity contribution is -0.274. The highest BCUT2D eigenvalue weighted by Crippen LogP contribution is 2.31. The summed E-state index contributed by atoms with van der Waals surface area (Å²) in [6.45, 7) is 19.3. The van der Waals surface area contributed by atoms with Crippen molar-refractivity contribution >= 4 is 5.57 Å². The summed E-state index contributed by atoms with van der Waals surface area (Å²) in [7, 11) is 4.05. The number of hydrogen-bond acceptors (Lipinski definition) is 4. The van der Waals surface area contributed by atoms with Crippen LogP contribution in [0.15, 0.2) is 86.7 Å². The summed E-state index contributed by atoms with van der Waals surface area (Å²) in [5, 5.41) is 8.90. The summed E-state index contributed by atoms with van der Waals surface area (Å²) in [6.07, 6.45) is 3.52. The average molecular weight is 587 g/mol. The zero-order valence-corrected chi connectivity index (χ0v) is 24.9. The Morgan fingerprint density at radius 3 is 2.12 bits per heavy atom. The van der Waals surface area contributed by atoms with Crippen molar-refractivity contribution in [2.24, 2.45) is 5.92 Å². The fourth-order valence-corrected chi connectivity index (χ4v) is 4.32. The normalized spacial score (nSPS) is 13.8. The maximum atomic E-state index is 13.0. The predicted molar refractivity (Wildman–Crippen MR) is 162 cm³/mol. The Morgan fingerprint density at radius 1 is 1.00 bits per heavy atom. The number of nitriles is 1. The Labute approximate surface area is 248 Å². The van der Waals surface area contributed by atoms with Crippen LogP contribution in [0.1, 0.15) is 62.1 Å². The zero-order valence-electron chi connectivity index (χ0n) is 24.9. The van der Waals surface area contributed by atoms with Crippen molar-refractivity contribution in [2.45, 2.75) is 64.5 Å². The molecule has 4 nitrogen and oxygen atoms in total. The lowest BCUT2D eigenvalue weighted by Crippen LogP contribution is -2.27. The predicted octanol–water partition coefficient (Wildman–Crippen LogP) is 9.60. The van der Waals surface area contributed by atoms with Gasteiger partial charge in [0.2, 0.25) is 0 Å². The third-order valence-electron chi connectivity index (χ3n) is 6.67. The van der Waals surface area contributed by atoms with Crippen molar-refractivity contribution in [1.82, 2.24) is 4.90 Å². The van der Waals surface area contributed by atoms with Crippen LogP contribution in [-0.2, 0) is 11.2 Å². The van der Waals surface area contributed by atoms with Gasteiger partial charge in [0.05, 0.1) is 17.4 Å². The quantitative estimate of drug-likeness (QED) is 0.0695. The lowest BCUT2D eigenvalue weighted by Gasteiger charge is -2.26. The molecule has 2 aromatic rings. The van der Waals surface area contributed by atoms with Crippen molar-refractivity contribution in [3.63, 3.8) is 0 Å². The summed E-state index contributed by atoms with van der Waals surface area (Å²) in [5.41, 5.74) is 1.74. The molecule has 0 aromatic heterocycles. The molecule has 0 bridgehead atoms. The van der Waals surface area contributed by atoms with E-state index in [4.69, 9.17) is 10.00 Å². The van der Waals surface area contributed by atoms with Crippen molar-refractivity contribution < 1.29 is 27.0 Å². The number of benzene rings is 2. The fraction of sp³-hybridized carbons (Fsp3) is 0.382. The van der Waals surface area contributed by atoms with Gasteiger partial charge in [0.25, 0.3) is 0 Å². The summed E-state index contributed by atoms with van der Waals surface area (Å²) in [5.74, 6) is 0.954. The molecule has 0 amide bonds. The minimum Gasteiger partial charge on any atom is -0.480 e. The molecule has 1 aliphatic carbocycles. The third kappa shape index (κ3) is 13.7. The van der Waals surface area contributed by atoms with Gasteiger partial charge < -0.3 is 9.47 Å². The molecule has 228 valence electrons. The zero-order chi connectivity index (χ0) is 31.9. The standard InChI is InChI=1S/C19H13F4NO.C13H25NO.C2H4/c1-12(11-24)13(2)16-8-15(7-14-3-5-17(20)6-4-14)9-18(10-16)25-19(21,22)23;1-11(15-12(2)14(3)4)10-13-8-6-5-7-9-13;1-2/h3-6,8-10H,1-2,7H2;12-13H,1,5-10H2,2-4H3;1-2H2. The first kappa shape index (κ1) is 36.2. The Bertz CT molecular complexity index is 1210. The van der Waals surface area contributed by atoms with Gasteiger partial charge in [0.1, 0.15) is 17.8 Å². The first-order valence-corrected chi connectivity index (χ1v) is 13.7. The molecule has 3 rings (SSSR count). The van der Waals surface area contributed by atoms with Gasteiger partial charge in [-0.1, -0.05) is 70.0 Å². The van der Waals surface area contributed by atoms with E-state index in [1.54, 1.807) is 6.07 Å². The molecule has 1 saturated carbocycles. The number of nitrogens with zero attached hydrogens (tertiary/aromatic N) is 2. The number of rotatable bonds is 10. The second-order valence-corrected chi connectivity index (χ2v) is 10.2. The van der Waals surface area contributed by atoms with Gasteiger partial charge in [0.15, 0.2) is 0 Å². The summed E-state index contributed by atoms with van der Waals surface area (Å²) < 4.78 is 60.3. The largest absolute Gasteiger partial charge is 0.573 e. The van der Waals surface area contributed by atoms with Crippen LogP contribution >= 0.6 is 0 Å². The minimum absolute atomic E-state index is 0.0388. The van der Waals surface area contributed by atoms with Crippen molar-refractivity contribution in [3.05, 3.63) is 109 Å². The molecular formula is C34H42F4N2O2. The van der Waals surface area contributed by atoms with Crippen molar-refractivity contribution in [3.8, 4) is 11.8 Å². The van der Waals surface area contributed by atoms with Crippen LogP contribution in [0, 0.1) is 23.1 Å². The Kier molecular flexibility index (Phi) is 15.4. The summed E-state index contributed by atoms with van der Waals surface area (Å²) in [6, 6.07) is 11.4. The molecule has 0 heterocycles. The van der Waals surface area contributed by atoms with Gasteiger partial charge in [-0.25, -0.2) is 4.39 Å². The first-order chi connectivity index (χ1) is 19.8. The van der Waals surface area contributed by atoms with E-state index in [9.17, 15) is 17.6 Å². The Morgan fingerprint density at radius 2 is 1.60 bits per heavy atom. The van der Waals surface area contributed by atoms with Gasteiger partial charge >= 0.3 is 6.36 Å². The van der Waals surface area contributed by atoms with Gasteiger partial charge in [0, 0.05) is 6.42 Å². The minimum atomic E-state index is -4.85. The molecule has 0 radical (unpaired) electrons. The van der Waals surface area contributed by atoms with E-state index < -0.39 is 17.9 Å². The van der Waals surface area contributed by atoms with E-state index in [0.717, 1.165) is 24.2 Å². The van der Waals surface area contributed by atoms with E-state index in [-0.39, 0.29) is 23.8 Å². The molecule has 42 heavy (non-hydrogen) atoms. The Hall–Kier alpha value is -3.83. The molecule has 2 aromatic carbocycles. The van der Waals surface area contributed by atoms with E-state index in [1.165, 1.54) is 62.4 Å². The second-order valence-electron chi connectivity index (χ2n) is 10.2. The topological polar surface area (TPSA) is 45.5 Å². The van der Waals surface area contributed by atoms with Crippen LogP contribution in [0.5, 0.6) is 5.75 Å². The molecule has 1 atom stereocenters. The molecule has 8 heteroatoms. The van der Waals surface area contributed by atoms with E-state index in [1.807, 2.05) is 20.2 Å². The molecule has 1 aliphatic rings. The monoisotopic (exact) mass is 586 g/mol. The summed E-state index contributed by atoms with van der Waals surface area (Å²) >= 11 is 0.